The molecule has 0 amide bonds. The summed E-state index contributed by atoms with van der Waals surface area (Å²) in [4.78, 5) is 0. The van der Waals surface area contributed by atoms with Crippen LogP contribution in [0.1, 0.15) is 26.2 Å². The minimum atomic E-state index is 0.143. The van der Waals surface area contributed by atoms with Crippen LogP contribution in [-0.2, 0) is 0 Å². The predicted octanol–water partition coefficient (Wildman–Crippen LogP) is 2.93. The van der Waals surface area contributed by atoms with Crippen molar-refractivity contribution < 1.29 is 0 Å². The Kier molecular flexibility index (Phi) is 7.56. The van der Waals surface area contributed by atoms with Gasteiger partial charge < -0.3 is 0 Å². The number of nitriles is 2. The second-order valence-corrected chi connectivity index (χ2v) is 4.26. The van der Waals surface area contributed by atoms with E-state index in [0.717, 1.165) is 19.3 Å². The zero-order valence-corrected chi connectivity index (χ0v) is 8.04. The lowest BCUT2D eigenvalue weighted by molar-refractivity contribution is 0.765. The van der Waals surface area contributed by atoms with Gasteiger partial charge in [0.15, 0.2) is 0 Å². The number of thiocyanates is 2. The molecule has 60 valence electrons. The summed E-state index contributed by atoms with van der Waals surface area (Å²) in [5.74, 6) is 0. The summed E-state index contributed by atoms with van der Waals surface area (Å²) >= 11 is 2.37. The summed E-state index contributed by atoms with van der Waals surface area (Å²) in [7, 11) is 0. The van der Waals surface area contributed by atoms with E-state index in [9.17, 15) is 0 Å². The summed E-state index contributed by atoms with van der Waals surface area (Å²) in [5.41, 5.74) is 0. The highest BCUT2D eigenvalue weighted by molar-refractivity contribution is 8.21. The monoisotopic (exact) mass is 186 g/mol. The van der Waals surface area contributed by atoms with Crippen molar-refractivity contribution >= 4 is 23.5 Å². The van der Waals surface area contributed by atoms with Gasteiger partial charge in [-0.05, 0) is 29.9 Å². The summed E-state index contributed by atoms with van der Waals surface area (Å²) in [5, 5.41) is 20.7. The van der Waals surface area contributed by atoms with Crippen LogP contribution in [0.3, 0.4) is 0 Å². The summed E-state index contributed by atoms with van der Waals surface area (Å²) < 4.78 is 0.143. The quantitative estimate of drug-likeness (QED) is 0.489. The molecule has 11 heavy (non-hydrogen) atoms. The van der Waals surface area contributed by atoms with Crippen molar-refractivity contribution in [2.75, 3.05) is 0 Å². The Bertz CT molecular complexity index is 152. The molecule has 0 aliphatic heterocycles. The van der Waals surface area contributed by atoms with Gasteiger partial charge in [-0.2, -0.15) is 10.5 Å². The molecule has 0 fully saturated rings. The lowest BCUT2D eigenvalue weighted by atomic mass is 10.3. The molecule has 0 heterocycles. The van der Waals surface area contributed by atoms with Crippen LogP contribution in [-0.4, -0.2) is 4.58 Å². The average molecular weight is 186 g/mol. The van der Waals surface area contributed by atoms with Crippen LogP contribution in [0.4, 0.5) is 0 Å². The number of nitrogens with zero attached hydrogens (tertiary/aromatic N) is 2. The first kappa shape index (κ1) is 10.7. The molecule has 2 nitrogen and oxygen atoms in total. The molecule has 0 aromatic carbocycles. The Morgan fingerprint density at radius 2 is 1.82 bits per heavy atom. The van der Waals surface area contributed by atoms with Crippen LogP contribution < -0.4 is 0 Å². The number of thioether (sulfide) groups is 2. The largest absolute Gasteiger partial charge is 0.185 e. The highest BCUT2D eigenvalue weighted by Gasteiger charge is 2.07. The van der Waals surface area contributed by atoms with Crippen LogP contribution >= 0.6 is 23.5 Å². The van der Waals surface area contributed by atoms with Crippen molar-refractivity contribution in [3.05, 3.63) is 0 Å². The van der Waals surface area contributed by atoms with Crippen molar-refractivity contribution in [3.63, 3.8) is 0 Å². The van der Waals surface area contributed by atoms with Gasteiger partial charge in [0, 0.05) is 0 Å². The van der Waals surface area contributed by atoms with Gasteiger partial charge in [-0.3, -0.25) is 0 Å². The Morgan fingerprint density at radius 3 is 2.18 bits per heavy atom. The maximum Gasteiger partial charge on any atom is 0.134 e. The third-order valence-corrected chi connectivity index (χ3v) is 2.95. The van der Waals surface area contributed by atoms with Gasteiger partial charge in [0.2, 0.25) is 0 Å². The fourth-order valence-electron chi connectivity index (χ4n) is 0.630. The van der Waals surface area contributed by atoms with Crippen molar-refractivity contribution in [2.45, 2.75) is 30.8 Å². The van der Waals surface area contributed by atoms with E-state index in [1.54, 1.807) is 0 Å². The van der Waals surface area contributed by atoms with Gasteiger partial charge in [0.05, 0.1) is 4.58 Å². The summed E-state index contributed by atoms with van der Waals surface area (Å²) in [6, 6.07) is 0. The molecule has 0 atom stereocenters. The molecule has 0 N–H and O–H groups in total. The Morgan fingerprint density at radius 1 is 1.27 bits per heavy atom. The van der Waals surface area contributed by atoms with E-state index in [1.807, 2.05) is 10.8 Å². The second kappa shape index (κ2) is 7.78. The predicted molar refractivity (Wildman–Crippen MR) is 49.7 cm³/mol. The number of hydrogen-bond acceptors (Lipinski definition) is 4. The van der Waals surface area contributed by atoms with Gasteiger partial charge >= 0.3 is 0 Å². The molecule has 0 unspecified atom stereocenters. The minimum Gasteiger partial charge on any atom is -0.185 e. The summed E-state index contributed by atoms with van der Waals surface area (Å²) in [6.07, 6.45) is 3.16. The lowest BCUT2D eigenvalue weighted by Crippen LogP contribution is -1.93. The minimum absolute atomic E-state index is 0.143. The van der Waals surface area contributed by atoms with Crippen LogP contribution in [0, 0.1) is 21.3 Å². The van der Waals surface area contributed by atoms with Gasteiger partial charge in [-0.15, -0.1) is 0 Å². The molecule has 0 aromatic rings. The molecule has 0 saturated carbocycles. The molecule has 0 aliphatic carbocycles. The molecule has 0 saturated heterocycles. The maximum atomic E-state index is 8.35. The van der Waals surface area contributed by atoms with E-state index < -0.39 is 0 Å². The van der Waals surface area contributed by atoms with Crippen LogP contribution in [0.25, 0.3) is 0 Å². The second-order valence-electron chi connectivity index (χ2n) is 1.99. The molecule has 0 radical (unpaired) electrons. The van der Waals surface area contributed by atoms with Crippen LogP contribution in [0.5, 0.6) is 0 Å². The first-order chi connectivity index (χ1) is 5.35. The molecule has 0 spiro atoms. The van der Waals surface area contributed by atoms with E-state index >= 15 is 0 Å². The number of rotatable bonds is 5. The molecular weight excluding hydrogens is 176 g/mol. The molecule has 0 bridgehead atoms. The van der Waals surface area contributed by atoms with Crippen molar-refractivity contribution in [3.8, 4) is 10.8 Å². The molecule has 0 aromatic heterocycles. The fraction of sp³-hybridized carbons (Fsp3) is 0.714. The Balaban J connectivity index is 3.54. The Hall–Kier alpha value is -0.320. The molecular formula is C7H10N2S2. The standard InChI is InChI=1S/C7H10N2S2/c1-2-3-4-7(10-5-8)11-6-9/h7H,2-4H2,1H3. The smallest absolute Gasteiger partial charge is 0.134 e. The van der Waals surface area contributed by atoms with Gasteiger partial charge in [-0.1, -0.05) is 19.8 Å². The number of unbranched alkanes of at least 4 members (excludes halogenated alkanes) is 1. The molecule has 0 rings (SSSR count). The van der Waals surface area contributed by atoms with E-state index in [2.05, 4.69) is 6.92 Å². The highest BCUT2D eigenvalue weighted by atomic mass is 32.2. The first-order valence-corrected chi connectivity index (χ1v) is 5.20. The van der Waals surface area contributed by atoms with Crippen LogP contribution in [0.2, 0.25) is 0 Å². The molecule has 0 aliphatic rings. The van der Waals surface area contributed by atoms with Gasteiger partial charge in [0.25, 0.3) is 0 Å². The van der Waals surface area contributed by atoms with E-state index in [1.165, 1.54) is 23.5 Å². The third kappa shape index (κ3) is 6.09. The van der Waals surface area contributed by atoms with E-state index in [4.69, 9.17) is 10.5 Å². The third-order valence-electron chi connectivity index (χ3n) is 1.16. The summed E-state index contributed by atoms with van der Waals surface area (Å²) in [6.45, 7) is 2.10. The van der Waals surface area contributed by atoms with E-state index in [0.29, 0.717) is 0 Å². The topological polar surface area (TPSA) is 47.6 Å². The normalized spacial score (nSPS) is 9.09. The first-order valence-electron chi connectivity index (χ1n) is 3.44. The fourth-order valence-corrected chi connectivity index (χ4v) is 1.89. The van der Waals surface area contributed by atoms with Gasteiger partial charge in [-0.25, -0.2) is 0 Å². The Labute approximate surface area is 76.0 Å². The number of hydrogen-bond donors (Lipinski definition) is 0. The maximum absolute atomic E-state index is 8.35. The average Bonchev–Trinajstić information content (AvgIpc) is 2.01. The highest BCUT2D eigenvalue weighted by Crippen LogP contribution is 2.26. The van der Waals surface area contributed by atoms with Crippen molar-refractivity contribution in [1.29, 1.82) is 10.5 Å². The lowest BCUT2D eigenvalue weighted by Gasteiger charge is -2.04. The zero-order chi connectivity index (χ0) is 8.53. The SMILES string of the molecule is CCCCC(SC#N)SC#N. The van der Waals surface area contributed by atoms with Crippen molar-refractivity contribution in [2.24, 2.45) is 0 Å². The van der Waals surface area contributed by atoms with Gasteiger partial charge in [0.1, 0.15) is 10.8 Å². The zero-order valence-electron chi connectivity index (χ0n) is 6.41. The van der Waals surface area contributed by atoms with Crippen molar-refractivity contribution in [1.82, 2.24) is 0 Å². The van der Waals surface area contributed by atoms with E-state index in [-0.39, 0.29) is 4.58 Å². The van der Waals surface area contributed by atoms with Crippen LogP contribution in [0.15, 0.2) is 0 Å². The molecule has 4 heteroatoms.